The summed E-state index contributed by atoms with van der Waals surface area (Å²) in [6, 6.07) is 2.29. The van der Waals surface area contributed by atoms with Gasteiger partial charge in [0.2, 0.25) is 0 Å². The van der Waals surface area contributed by atoms with Crippen LogP contribution in [0.4, 0.5) is 0 Å². The minimum atomic E-state index is -0.410. The van der Waals surface area contributed by atoms with Crippen LogP contribution in [0.5, 0.6) is 0 Å². The first-order valence-corrected chi connectivity index (χ1v) is 5.99. The third kappa shape index (κ3) is 2.88. The third-order valence-corrected chi connectivity index (χ3v) is 4.48. The highest BCUT2D eigenvalue weighted by Crippen LogP contribution is 2.28. The van der Waals surface area contributed by atoms with Gasteiger partial charge in [0, 0.05) is 17.6 Å². The highest BCUT2D eigenvalue weighted by molar-refractivity contribution is 8.00. The average molecular weight is 214 g/mol. The normalized spacial score (nSPS) is 31.0. The van der Waals surface area contributed by atoms with Crippen molar-refractivity contribution in [3.63, 3.8) is 0 Å². The lowest BCUT2D eigenvalue weighted by molar-refractivity contribution is 0.127. The number of rotatable bonds is 4. The van der Waals surface area contributed by atoms with Gasteiger partial charge in [0.25, 0.3) is 0 Å². The molecule has 1 saturated heterocycles. The van der Waals surface area contributed by atoms with Gasteiger partial charge in [-0.15, -0.1) is 0 Å². The molecule has 1 N–H and O–H groups in total. The molecular formula is C10H18N2OS. The summed E-state index contributed by atoms with van der Waals surface area (Å²) in [4.78, 5) is 0. The number of hydrogen-bond acceptors (Lipinski definition) is 4. The van der Waals surface area contributed by atoms with Gasteiger partial charge in [0.15, 0.2) is 0 Å². The number of nitriles is 1. The fraction of sp³-hybridized carbons (Fsp3) is 0.900. The van der Waals surface area contributed by atoms with Crippen LogP contribution < -0.4 is 5.32 Å². The van der Waals surface area contributed by atoms with E-state index in [0.717, 1.165) is 18.8 Å². The molecule has 1 rings (SSSR count). The molecule has 1 fully saturated rings. The minimum absolute atomic E-state index is 0.333. The van der Waals surface area contributed by atoms with E-state index < -0.39 is 5.54 Å². The van der Waals surface area contributed by atoms with Crippen LogP contribution in [-0.4, -0.2) is 36.3 Å². The Kier molecular flexibility index (Phi) is 4.24. The molecule has 0 aliphatic carbocycles. The molecule has 0 aromatic rings. The van der Waals surface area contributed by atoms with Crippen molar-refractivity contribution in [2.75, 3.05) is 19.4 Å². The third-order valence-electron chi connectivity index (χ3n) is 2.69. The van der Waals surface area contributed by atoms with Crippen LogP contribution in [0.3, 0.4) is 0 Å². The number of ether oxygens (including phenoxy) is 1. The largest absolute Gasteiger partial charge is 0.377 e. The fourth-order valence-corrected chi connectivity index (χ4v) is 2.73. The van der Waals surface area contributed by atoms with Crippen LogP contribution in [0.1, 0.15) is 20.3 Å². The maximum absolute atomic E-state index is 8.97. The Morgan fingerprint density at radius 1 is 1.71 bits per heavy atom. The smallest absolute Gasteiger partial charge is 0.112 e. The standard InChI is InChI=1S/C10H18N2OS/c1-8-9(4-5-13-8)14-7-10(2,6-11)12-3/h8-9,12H,4-5,7H2,1-3H3. The van der Waals surface area contributed by atoms with Gasteiger partial charge in [-0.2, -0.15) is 17.0 Å². The zero-order valence-electron chi connectivity index (χ0n) is 9.04. The van der Waals surface area contributed by atoms with Gasteiger partial charge in [-0.25, -0.2) is 0 Å². The molecule has 80 valence electrons. The van der Waals surface area contributed by atoms with Gasteiger partial charge in [0.1, 0.15) is 5.54 Å². The first-order chi connectivity index (χ1) is 6.61. The SMILES string of the molecule is CNC(C)(C#N)CSC1CCOC1C. The molecule has 3 nitrogen and oxygen atoms in total. The maximum Gasteiger partial charge on any atom is 0.112 e. The van der Waals surface area contributed by atoms with Crippen molar-refractivity contribution >= 4 is 11.8 Å². The lowest BCUT2D eigenvalue weighted by Crippen LogP contribution is -2.41. The van der Waals surface area contributed by atoms with Crippen LogP contribution in [0.25, 0.3) is 0 Å². The van der Waals surface area contributed by atoms with Crippen molar-refractivity contribution in [3.05, 3.63) is 0 Å². The number of nitrogens with one attached hydrogen (secondary N) is 1. The summed E-state index contributed by atoms with van der Waals surface area (Å²) in [7, 11) is 1.83. The average Bonchev–Trinajstić information content (AvgIpc) is 2.61. The van der Waals surface area contributed by atoms with Gasteiger partial charge >= 0.3 is 0 Å². The summed E-state index contributed by atoms with van der Waals surface area (Å²) in [5, 5.41) is 12.6. The molecule has 4 heteroatoms. The Balaban J connectivity index is 2.36. The van der Waals surface area contributed by atoms with Gasteiger partial charge < -0.3 is 10.1 Å². The van der Waals surface area contributed by atoms with E-state index in [0.29, 0.717) is 11.4 Å². The van der Waals surface area contributed by atoms with Crippen molar-refractivity contribution in [2.45, 2.75) is 37.2 Å². The number of nitrogens with zero attached hydrogens (tertiary/aromatic N) is 1. The Labute approximate surface area is 90.2 Å². The predicted molar refractivity (Wildman–Crippen MR) is 59.4 cm³/mol. The lowest BCUT2D eigenvalue weighted by atomic mass is 10.1. The summed E-state index contributed by atoms with van der Waals surface area (Å²) in [6.07, 6.45) is 1.44. The van der Waals surface area contributed by atoms with Gasteiger partial charge in [-0.1, -0.05) is 0 Å². The molecule has 0 spiro atoms. The summed E-state index contributed by atoms with van der Waals surface area (Å²) >= 11 is 1.84. The van der Waals surface area contributed by atoms with E-state index in [-0.39, 0.29) is 0 Å². The van der Waals surface area contributed by atoms with E-state index in [9.17, 15) is 0 Å². The summed E-state index contributed by atoms with van der Waals surface area (Å²) in [6.45, 7) is 4.90. The molecule has 0 bridgehead atoms. The molecular weight excluding hydrogens is 196 g/mol. The van der Waals surface area contributed by atoms with Crippen molar-refractivity contribution in [1.29, 1.82) is 5.26 Å². The maximum atomic E-state index is 8.97. The molecule has 0 saturated carbocycles. The summed E-state index contributed by atoms with van der Waals surface area (Å²) in [5.74, 6) is 0.818. The van der Waals surface area contributed by atoms with E-state index in [4.69, 9.17) is 10.00 Å². The lowest BCUT2D eigenvalue weighted by Gasteiger charge is -2.23. The van der Waals surface area contributed by atoms with Crippen LogP contribution >= 0.6 is 11.8 Å². The fourth-order valence-electron chi connectivity index (χ4n) is 1.37. The molecule has 1 heterocycles. The summed E-state index contributed by atoms with van der Waals surface area (Å²) in [5.41, 5.74) is -0.410. The number of hydrogen-bond donors (Lipinski definition) is 1. The van der Waals surface area contributed by atoms with Crippen LogP contribution in [0.15, 0.2) is 0 Å². The van der Waals surface area contributed by atoms with Crippen LogP contribution in [0.2, 0.25) is 0 Å². The highest BCUT2D eigenvalue weighted by atomic mass is 32.2. The molecule has 0 radical (unpaired) electrons. The first kappa shape index (κ1) is 11.8. The molecule has 3 atom stereocenters. The zero-order chi connectivity index (χ0) is 10.6. The van der Waals surface area contributed by atoms with Gasteiger partial charge in [0.05, 0.1) is 12.2 Å². The van der Waals surface area contributed by atoms with E-state index in [1.165, 1.54) is 0 Å². The highest BCUT2D eigenvalue weighted by Gasteiger charge is 2.29. The summed E-state index contributed by atoms with van der Waals surface area (Å²) < 4.78 is 5.47. The zero-order valence-corrected chi connectivity index (χ0v) is 9.86. The Morgan fingerprint density at radius 2 is 2.43 bits per heavy atom. The second kappa shape index (κ2) is 5.01. The molecule has 1 aliphatic rings. The molecule has 0 amide bonds. The van der Waals surface area contributed by atoms with Gasteiger partial charge in [-0.3, -0.25) is 0 Å². The van der Waals surface area contributed by atoms with E-state index in [1.54, 1.807) is 0 Å². The van der Waals surface area contributed by atoms with Gasteiger partial charge in [-0.05, 0) is 27.3 Å². The molecule has 1 aliphatic heterocycles. The molecule has 0 aromatic carbocycles. The second-order valence-corrected chi connectivity index (χ2v) is 5.14. The molecule has 14 heavy (non-hydrogen) atoms. The Hall–Kier alpha value is -0.240. The number of thioether (sulfide) groups is 1. The van der Waals surface area contributed by atoms with Crippen LogP contribution in [0, 0.1) is 11.3 Å². The van der Waals surface area contributed by atoms with Crippen molar-refractivity contribution in [2.24, 2.45) is 0 Å². The molecule has 3 unspecified atom stereocenters. The monoisotopic (exact) mass is 214 g/mol. The minimum Gasteiger partial charge on any atom is -0.377 e. The van der Waals surface area contributed by atoms with E-state index in [2.05, 4.69) is 18.3 Å². The topological polar surface area (TPSA) is 45.0 Å². The van der Waals surface area contributed by atoms with Crippen LogP contribution in [-0.2, 0) is 4.74 Å². The van der Waals surface area contributed by atoms with Crippen molar-refractivity contribution in [3.8, 4) is 6.07 Å². The quantitative estimate of drug-likeness (QED) is 0.768. The molecule has 0 aromatic heterocycles. The Morgan fingerprint density at radius 3 is 2.86 bits per heavy atom. The van der Waals surface area contributed by atoms with Crippen molar-refractivity contribution < 1.29 is 4.74 Å². The second-order valence-electron chi connectivity index (χ2n) is 3.91. The first-order valence-electron chi connectivity index (χ1n) is 4.94. The van der Waals surface area contributed by atoms with Crippen molar-refractivity contribution in [1.82, 2.24) is 5.32 Å². The Bertz CT molecular complexity index is 229. The van der Waals surface area contributed by atoms with E-state index >= 15 is 0 Å². The van der Waals surface area contributed by atoms with E-state index in [1.807, 2.05) is 25.7 Å². The predicted octanol–water partition coefficient (Wildman–Crippen LogP) is 1.40.